The van der Waals surface area contributed by atoms with Gasteiger partial charge in [-0.3, -0.25) is 4.79 Å². The van der Waals surface area contributed by atoms with Crippen LogP contribution in [0.3, 0.4) is 0 Å². The molecule has 2 atom stereocenters. The van der Waals surface area contributed by atoms with Crippen molar-refractivity contribution in [1.29, 1.82) is 0 Å². The summed E-state index contributed by atoms with van der Waals surface area (Å²) in [7, 11) is 0. The highest BCUT2D eigenvalue weighted by Crippen LogP contribution is 2.37. The first-order chi connectivity index (χ1) is 7.02. The summed E-state index contributed by atoms with van der Waals surface area (Å²) in [6.07, 6.45) is -0.0838. The van der Waals surface area contributed by atoms with E-state index in [-0.39, 0.29) is 5.78 Å². The maximum Gasteiger partial charge on any atom is 0.138 e. The molecular weight excluding hydrogens is 188 g/mol. The van der Waals surface area contributed by atoms with E-state index in [4.69, 9.17) is 0 Å². The summed E-state index contributed by atoms with van der Waals surface area (Å²) in [4.78, 5) is 11.6. The van der Waals surface area contributed by atoms with Crippen LogP contribution in [0.1, 0.15) is 38.9 Å². The molecule has 0 fully saturated rings. The number of hydrogen-bond donors (Lipinski definition) is 1. The minimum Gasteiger partial charge on any atom is -0.387 e. The smallest absolute Gasteiger partial charge is 0.138 e. The fourth-order valence-electron chi connectivity index (χ4n) is 1.64. The Kier molecular flexibility index (Phi) is 3.64. The van der Waals surface area contributed by atoms with Gasteiger partial charge in [0.05, 0.1) is 11.5 Å². The number of carbonyl (C=O) groups is 1. The summed E-state index contributed by atoms with van der Waals surface area (Å²) in [6, 6.07) is 9.33. The van der Waals surface area contributed by atoms with Crippen molar-refractivity contribution in [1.82, 2.24) is 0 Å². The van der Waals surface area contributed by atoms with Crippen molar-refractivity contribution in [2.45, 2.75) is 33.3 Å². The van der Waals surface area contributed by atoms with E-state index in [1.807, 2.05) is 44.2 Å². The molecule has 1 N–H and O–H groups in total. The summed E-state index contributed by atoms with van der Waals surface area (Å²) >= 11 is 0. The molecule has 0 amide bonds. The molecule has 1 rings (SSSR count). The highest BCUT2D eigenvalue weighted by Gasteiger charge is 2.36. The number of aliphatic hydroxyl groups is 1. The van der Waals surface area contributed by atoms with Gasteiger partial charge in [0.15, 0.2) is 0 Å². The van der Waals surface area contributed by atoms with Gasteiger partial charge < -0.3 is 5.11 Å². The van der Waals surface area contributed by atoms with Crippen molar-refractivity contribution in [3.63, 3.8) is 0 Å². The molecule has 0 saturated carbocycles. The molecule has 2 nitrogen and oxygen atoms in total. The Bertz CT molecular complexity index is 332. The molecule has 0 unspecified atom stereocenters. The summed E-state index contributed by atoms with van der Waals surface area (Å²) in [6.45, 7) is 5.27. The van der Waals surface area contributed by atoms with Crippen LogP contribution in [0.4, 0.5) is 0 Å². The van der Waals surface area contributed by atoms with Crippen molar-refractivity contribution < 1.29 is 9.90 Å². The van der Waals surface area contributed by atoms with E-state index in [1.165, 1.54) is 6.92 Å². The lowest BCUT2D eigenvalue weighted by Gasteiger charge is -2.31. The van der Waals surface area contributed by atoms with E-state index in [1.54, 1.807) is 0 Å². The highest BCUT2D eigenvalue weighted by molar-refractivity contribution is 5.82. The quantitative estimate of drug-likeness (QED) is 0.822. The first-order valence-electron chi connectivity index (χ1n) is 5.26. The zero-order valence-corrected chi connectivity index (χ0v) is 9.53. The molecule has 0 bridgehead atoms. The monoisotopic (exact) mass is 206 g/mol. The van der Waals surface area contributed by atoms with Crippen LogP contribution >= 0.6 is 0 Å². The number of hydrogen-bond acceptors (Lipinski definition) is 2. The predicted molar refractivity (Wildman–Crippen MR) is 60.5 cm³/mol. The van der Waals surface area contributed by atoms with E-state index >= 15 is 0 Å². The van der Waals surface area contributed by atoms with Crippen molar-refractivity contribution in [3.8, 4) is 0 Å². The normalized spacial score (nSPS) is 16.8. The van der Waals surface area contributed by atoms with E-state index in [0.717, 1.165) is 5.56 Å². The molecule has 0 aliphatic heterocycles. The Hall–Kier alpha value is -1.15. The number of benzene rings is 1. The number of Topliss-reactive ketones (excluding diaryl/α,β-unsaturated/α-hetero) is 1. The molecule has 0 aliphatic carbocycles. The van der Waals surface area contributed by atoms with Crippen molar-refractivity contribution in [2.75, 3.05) is 0 Å². The van der Waals surface area contributed by atoms with Crippen LogP contribution in [0.15, 0.2) is 30.3 Å². The number of carbonyl (C=O) groups excluding carboxylic acids is 1. The minimum atomic E-state index is -0.721. The lowest BCUT2D eigenvalue weighted by atomic mass is 9.75. The van der Waals surface area contributed by atoms with Gasteiger partial charge in [-0.05, 0) is 25.8 Å². The zero-order chi connectivity index (χ0) is 11.5. The van der Waals surface area contributed by atoms with Crippen LogP contribution in [-0.4, -0.2) is 10.9 Å². The summed E-state index contributed by atoms with van der Waals surface area (Å²) in [5.74, 6) is 0.0290. The standard InChI is InChI=1S/C13H18O2/c1-4-13(3,10(2)14)12(15)11-8-6-5-7-9-11/h5-9,12,15H,4H2,1-3H3/t12-,13+/m1/s1. The van der Waals surface area contributed by atoms with Crippen LogP contribution in [0, 0.1) is 5.41 Å². The molecule has 0 heterocycles. The van der Waals surface area contributed by atoms with Gasteiger partial charge in [-0.1, -0.05) is 37.3 Å². The Balaban J connectivity index is 3.02. The summed E-state index contributed by atoms with van der Waals surface area (Å²) in [5.41, 5.74) is 0.124. The fourth-order valence-corrected chi connectivity index (χ4v) is 1.64. The molecule has 15 heavy (non-hydrogen) atoms. The Morgan fingerprint density at radius 2 is 1.93 bits per heavy atom. The molecule has 0 aliphatic rings. The van der Waals surface area contributed by atoms with Crippen LogP contribution < -0.4 is 0 Å². The van der Waals surface area contributed by atoms with Gasteiger partial charge in [-0.15, -0.1) is 0 Å². The highest BCUT2D eigenvalue weighted by atomic mass is 16.3. The first-order valence-corrected chi connectivity index (χ1v) is 5.26. The molecule has 0 aromatic heterocycles. The van der Waals surface area contributed by atoms with E-state index < -0.39 is 11.5 Å². The second kappa shape index (κ2) is 4.58. The SMILES string of the molecule is CC[C@@](C)(C(C)=O)[C@H](O)c1ccccc1. The number of ketones is 1. The molecule has 0 saturated heterocycles. The lowest BCUT2D eigenvalue weighted by Crippen LogP contribution is -2.32. The van der Waals surface area contributed by atoms with Gasteiger partial charge >= 0.3 is 0 Å². The predicted octanol–water partition coefficient (Wildman–Crippen LogP) is 2.73. The lowest BCUT2D eigenvalue weighted by molar-refractivity contribution is -0.132. The van der Waals surface area contributed by atoms with Crippen LogP contribution in [0.2, 0.25) is 0 Å². The van der Waals surface area contributed by atoms with E-state index in [9.17, 15) is 9.90 Å². The topological polar surface area (TPSA) is 37.3 Å². The summed E-state index contributed by atoms with van der Waals surface area (Å²) in [5, 5.41) is 10.2. The van der Waals surface area contributed by atoms with Crippen LogP contribution in [0.5, 0.6) is 0 Å². The summed E-state index contributed by atoms with van der Waals surface area (Å²) < 4.78 is 0. The third-order valence-electron chi connectivity index (χ3n) is 3.26. The molecule has 0 radical (unpaired) electrons. The Labute approximate surface area is 90.9 Å². The second-order valence-electron chi connectivity index (χ2n) is 4.14. The van der Waals surface area contributed by atoms with E-state index in [2.05, 4.69) is 0 Å². The van der Waals surface area contributed by atoms with Gasteiger partial charge in [-0.25, -0.2) is 0 Å². The van der Waals surface area contributed by atoms with E-state index in [0.29, 0.717) is 6.42 Å². The van der Waals surface area contributed by atoms with Crippen molar-refractivity contribution in [2.24, 2.45) is 5.41 Å². The van der Waals surface area contributed by atoms with Gasteiger partial charge in [0.1, 0.15) is 5.78 Å². The van der Waals surface area contributed by atoms with Gasteiger partial charge in [0, 0.05) is 0 Å². The van der Waals surface area contributed by atoms with Gasteiger partial charge in [-0.2, -0.15) is 0 Å². The molecular formula is C13H18O2. The van der Waals surface area contributed by atoms with Crippen LogP contribution in [-0.2, 0) is 4.79 Å². The maximum atomic E-state index is 11.6. The molecule has 1 aromatic rings. The third kappa shape index (κ3) is 2.26. The van der Waals surface area contributed by atoms with Crippen molar-refractivity contribution >= 4 is 5.78 Å². The largest absolute Gasteiger partial charge is 0.387 e. The third-order valence-corrected chi connectivity index (χ3v) is 3.26. The minimum absolute atomic E-state index is 0.0290. The van der Waals surface area contributed by atoms with Gasteiger partial charge in [0.25, 0.3) is 0 Å². The Morgan fingerprint density at radius 1 is 1.40 bits per heavy atom. The number of rotatable bonds is 4. The molecule has 82 valence electrons. The Morgan fingerprint density at radius 3 is 2.33 bits per heavy atom. The maximum absolute atomic E-state index is 11.6. The second-order valence-corrected chi connectivity index (χ2v) is 4.14. The van der Waals surface area contributed by atoms with Crippen LogP contribution in [0.25, 0.3) is 0 Å². The number of aliphatic hydroxyl groups excluding tert-OH is 1. The average molecular weight is 206 g/mol. The zero-order valence-electron chi connectivity index (χ0n) is 9.53. The molecule has 1 aromatic carbocycles. The fraction of sp³-hybridized carbons (Fsp3) is 0.462. The molecule has 0 spiro atoms. The van der Waals surface area contributed by atoms with Crippen molar-refractivity contribution in [3.05, 3.63) is 35.9 Å². The average Bonchev–Trinajstić information content (AvgIpc) is 2.28. The molecule has 2 heteroatoms. The first kappa shape index (κ1) is 11.9. The van der Waals surface area contributed by atoms with Gasteiger partial charge in [0.2, 0.25) is 0 Å².